The number of ketones is 2. The Bertz CT molecular complexity index is 789. The first-order chi connectivity index (χ1) is 17.2. The summed E-state index contributed by atoms with van der Waals surface area (Å²) in [6.45, 7) is 19.9. The van der Waals surface area contributed by atoms with Crippen LogP contribution in [0.1, 0.15) is 98.3 Å². The molecule has 3 aliphatic carbocycles. The van der Waals surface area contributed by atoms with Gasteiger partial charge in [0.1, 0.15) is 18.2 Å². The van der Waals surface area contributed by atoms with Crippen molar-refractivity contribution in [1.82, 2.24) is 0 Å². The second-order valence-electron chi connectivity index (χ2n) is 10.5. The SMILES string of the molecule is C=CCCC(=O)C1CC=C(C)CC1.C=CCOC(=C)C1CC=C(C)CC1.CC(=O)C1CC=C(C)CC1. The molecule has 3 heteroatoms. The van der Waals surface area contributed by atoms with E-state index >= 15 is 0 Å². The van der Waals surface area contributed by atoms with Crippen molar-refractivity contribution in [3.63, 3.8) is 0 Å². The third-order valence-corrected chi connectivity index (χ3v) is 7.38. The Kier molecular flexibility index (Phi) is 15.7. The fourth-order valence-corrected chi connectivity index (χ4v) is 4.58. The fraction of sp³-hybridized carbons (Fsp3) is 0.576. The molecule has 3 aliphatic rings. The van der Waals surface area contributed by atoms with E-state index in [-0.39, 0.29) is 0 Å². The van der Waals surface area contributed by atoms with Crippen molar-refractivity contribution in [2.45, 2.75) is 98.3 Å². The predicted molar refractivity (Wildman–Crippen MR) is 154 cm³/mol. The Morgan fingerprint density at radius 1 is 0.833 bits per heavy atom. The first-order valence-electron chi connectivity index (χ1n) is 13.7. The Hall–Kier alpha value is -2.42. The van der Waals surface area contributed by atoms with Gasteiger partial charge in [0.15, 0.2) is 0 Å². The number of allylic oxidation sites excluding steroid dienone is 8. The zero-order valence-electron chi connectivity index (χ0n) is 23.5. The molecule has 0 radical (unpaired) electrons. The highest BCUT2D eigenvalue weighted by Crippen LogP contribution is 2.28. The third kappa shape index (κ3) is 13.0. The average molecular weight is 495 g/mol. The van der Waals surface area contributed by atoms with Gasteiger partial charge in [-0.3, -0.25) is 9.59 Å². The van der Waals surface area contributed by atoms with Crippen molar-refractivity contribution < 1.29 is 14.3 Å². The minimum absolute atomic E-state index is 0.295. The van der Waals surface area contributed by atoms with Crippen LogP contribution in [-0.2, 0) is 14.3 Å². The summed E-state index contributed by atoms with van der Waals surface area (Å²) in [6, 6.07) is 0. The standard InChI is InChI=1S/2C12H18O.C9H14O/c1-4-9-13-11(3)12-7-5-10(2)6-8-12;1-3-4-5-12(13)11-8-6-10(2)7-9-11;1-7-3-5-9(6-4-7)8(2)10/h4-5,12H,1,3,6-9H2,2H3;3,6,11H,1,4-5,7-9H2,2H3;3,9H,4-6H2,1-2H3. The summed E-state index contributed by atoms with van der Waals surface area (Å²) in [7, 11) is 0. The van der Waals surface area contributed by atoms with Gasteiger partial charge in [-0.25, -0.2) is 0 Å². The lowest BCUT2D eigenvalue weighted by Gasteiger charge is -2.22. The summed E-state index contributed by atoms with van der Waals surface area (Å²) >= 11 is 0. The van der Waals surface area contributed by atoms with E-state index in [4.69, 9.17) is 4.74 Å². The minimum atomic E-state index is 0.295. The fourth-order valence-electron chi connectivity index (χ4n) is 4.58. The number of carbonyl (C=O) groups is 2. The van der Waals surface area contributed by atoms with Crippen LogP contribution in [0.3, 0.4) is 0 Å². The molecule has 3 unspecified atom stereocenters. The van der Waals surface area contributed by atoms with Crippen molar-refractivity contribution in [2.75, 3.05) is 6.61 Å². The number of carbonyl (C=O) groups excluding carboxylic acids is 2. The van der Waals surface area contributed by atoms with Crippen LogP contribution in [0.2, 0.25) is 0 Å². The Labute approximate surface area is 221 Å². The van der Waals surface area contributed by atoms with E-state index in [1.165, 1.54) is 29.6 Å². The molecule has 0 saturated carbocycles. The lowest BCUT2D eigenvalue weighted by atomic mass is 9.86. The van der Waals surface area contributed by atoms with Crippen LogP contribution in [0.15, 0.2) is 72.6 Å². The molecular formula is C33H50O3. The van der Waals surface area contributed by atoms with Crippen LogP contribution < -0.4 is 0 Å². The van der Waals surface area contributed by atoms with Gasteiger partial charge < -0.3 is 4.74 Å². The molecule has 0 aromatic carbocycles. The number of hydrogen-bond donors (Lipinski definition) is 0. The molecule has 0 heterocycles. The molecular weight excluding hydrogens is 444 g/mol. The number of Topliss-reactive ketones (excluding diaryl/α,β-unsaturated/α-hetero) is 2. The number of hydrogen-bond acceptors (Lipinski definition) is 3. The first kappa shape index (κ1) is 31.6. The van der Waals surface area contributed by atoms with Crippen LogP contribution in [0.25, 0.3) is 0 Å². The first-order valence-corrected chi connectivity index (χ1v) is 13.7. The molecule has 0 aromatic rings. The average Bonchev–Trinajstić information content (AvgIpc) is 2.87. The van der Waals surface area contributed by atoms with E-state index in [0.29, 0.717) is 42.3 Å². The smallest absolute Gasteiger partial charge is 0.136 e. The zero-order chi connectivity index (χ0) is 26.9. The van der Waals surface area contributed by atoms with Gasteiger partial charge in [-0.05, 0) is 91.9 Å². The van der Waals surface area contributed by atoms with E-state index in [2.05, 4.69) is 58.7 Å². The van der Waals surface area contributed by atoms with E-state index in [1.54, 1.807) is 13.0 Å². The summed E-state index contributed by atoms with van der Waals surface area (Å²) in [4.78, 5) is 22.5. The molecule has 0 spiro atoms. The van der Waals surface area contributed by atoms with Gasteiger partial charge in [-0.15, -0.1) is 6.58 Å². The molecule has 0 bridgehead atoms. The molecule has 0 aliphatic heterocycles. The van der Waals surface area contributed by atoms with Crippen LogP contribution in [0.4, 0.5) is 0 Å². The predicted octanol–water partition coefficient (Wildman–Crippen LogP) is 9.04. The zero-order valence-corrected chi connectivity index (χ0v) is 23.5. The highest BCUT2D eigenvalue weighted by molar-refractivity contribution is 5.81. The highest BCUT2D eigenvalue weighted by atomic mass is 16.5. The number of rotatable bonds is 9. The summed E-state index contributed by atoms with van der Waals surface area (Å²) in [5.41, 5.74) is 4.37. The van der Waals surface area contributed by atoms with Crippen molar-refractivity contribution in [1.29, 1.82) is 0 Å². The van der Waals surface area contributed by atoms with E-state index in [1.807, 2.05) is 6.08 Å². The van der Waals surface area contributed by atoms with Crippen molar-refractivity contribution in [2.24, 2.45) is 17.8 Å². The van der Waals surface area contributed by atoms with Gasteiger partial charge in [0.25, 0.3) is 0 Å². The van der Waals surface area contributed by atoms with Gasteiger partial charge in [0, 0.05) is 24.2 Å². The van der Waals surface area contributed by atoms with E-state index < -0.39 is 0 Å². The lowest BCUT2D eigenvalue weighted by Crippen LogP contribution is -2.16. The second kappa shape index (κ2) is 17.9. The van der Waals surface area contributed by atoms with Gasteiger partial charge in [0.05, 0.1) is 5.76 Å². The van der Waals surface area contributed by atoms with E-state index in [0.717, 1.165) is 57.1 Å². The van der Waals surface area contributed by atoms with Crippen molar-refractivity contribution in [3.05, 3.63) is 72.6 Å². The second-order valence-corrected chi connectivity index (χ2v) is 10.5. The monoisotopic (exact) mass is 494 g/mol. The number of ether oxygens (including phenoxy) is 1. The molecule has 3 atom stereocenters. The molecule has 0 aromatic heterocycles. The molecule has 36 heavy (non-hydrogen) atoms. The van der Waals surface area contributed by atoms with Crippen molar-refractivity contribution >= 4 is 11.6 Å². The molecule has 3 rings (SSSR count). The molecule has 3 nitrogen and oxygen atoms in total. The quantitative estimate of drug-likeness (QED) is 0.237. The Balaban J connectivity index is 0.000000273. The Morgan fingerprint density at radius 2 is 1.31 bits per heavy atom. The normalized spacial score (nSPS) is 23.1. The van der Waals surface area contributed by atoms with Crippen LogP contribution >= 0.6 is 0 Å². The van der Waals surface area contributed by atoms with Gasteiger partial charge in [-0.1, -0.05) is 60.3 Å². The maximum Gasteiger partial charge on any atom is 0.136 e. The van der Waals surface area contributed by atoms with Gasteiger partial charge in [-0.2, -0.15) is 0 Å². The maximum atomic E-state index is 11.6. The third-order valence-electron chi connectivity index (χ3n) is 7.38. The summed E-state index contributed by atoms with van der Waals surface area (Å²) in [5.74, 6) is 2.83. The summed E-state index contributed by atoms with van der Waals surface area (Å²) in [5, 5.41) is 0. The molecule has 0 saturated heterocycles. The summed E-state index contributed by atoms with van der Waals surface area (Å²) < 4.78 is 5.42. The molecule has 0 fully saturated rings. The Morgan fingerprint density at radius 3 is 1.69 bits per heavy atom. The molecule has 200 valence electrons. The highest BCUT2D eigenvalue weighted by Gasteiger charge is 2.19. The molecule has 0 amide bonds. The maximum absolute atomic E-state index is 11.6. The topological polar surface area (TPSA) is 43.4 Å². The van der Waals surface area contributed by atoms with Crippen LogP contribution in [0.5, 0.6) is 0 Å². The summed E-state index contributed by atoms with van der Waals surface area (Å²) in [6.07, 6.45) is 21.5. The van der Waals surface area contributed by atoms with Crippen LogP contribution in [0, 0.1) is 17.8 Å². The molecule has 0 N–H and O–H groups in total. The van der Waals surface area contributed by atoms with Gasteiger partial charge >= 0.3 is 0 Å². The minimum Gasteiger partial charge on any atom is -0.494 e. The van der Waals surface area contributed by atoms with Crippen molar-refractivity contribution in [3.8, 4) is 0 Å². The lowest BCUT2D eigenvalue weighted by molar-refractivity contribution is -0.123. The largest absolute Gasteiger partial charge is 0.494 e. The van der Waals surface area contributed by atoms with Gasteiger partial charge in [0.2, 0.25) is 0 Å². The van der Waals surface area contributed by atoms with E-state index in [9.17, 15) is 9.59 Å². The van der Waals surface area contributed by atoms with Crippen LogP contribution in [-0.4, -0.2) is 18.2 Å².